The molecule has 10 heteroatoms. The Morgan fingerprint density at radius 3 is 2.41 bits per heavy atom. The van der Waals surface area contributed by atoms with Crippen molar-refractivity contribution < 1.29 is 23.8 Å². The number of methoxy groups -OCH3 is 2. The summed E-state index contributed by atoms with van der Waals surface area (Å²) in [5.41, 5.74) is 3.74. The molecule has 1 atom stereocenters. The van der Waals surface area contributed by atoms with Gasteiger partial charge in [0.1, 0.15) is 17.3 Å². The van der Waals surface area contributed by atoms with Crippen LogP contribution in [-0.2, 0) is 16.7 Å². The number of Topliss-reactive ketones (excluding diaryl/α,β-unsaturated/α-hetero) is 1. The first-order valence-electron chi connectivity index (χ1n) is 12.8. The number of amidine groups is 1. The highest BCUT2D eigenvalue weighted by atomic mass is 79.9. The lowest BCUT2D eigenvalue weighted by molar-refractivity contribution is 0.0953. The Balaban J connectivity index is 0.00000533. The fourth-order valence-electron chi connectivity index (χ4n) is 4.65. The number of amides is 1. The molecular formula is C29H41BrN4O5. The van der Waals surface area contributed by atoms with Gasteiger partial charge in [0.2, 0.25) is 0 Å². The van der Waals surface area contributed by atoms with Crippen LogP contribution in [-0.4, -0.2) is 69.5 Å². The number of ketones is 1. The second-order valence-corrected chi connectivity index (χ2v) is 10.5. The van der Waals surface area contributed by atoms with E-state index in [0.29, 0.717) is 47.9 Å². The number of hydrogen-bond acceptors (Lipinski definition) is 7. The van der Waals surface area contributed by atoms with Crippen molar-refractivity contribution in [2.24, 2.45) is 0 Å². The molecule has 3 rings (SSSR count). The Labute approximate surface area is 241 Å². The van der Waals surface area contributed by atoms with Crippen LogP contribution in [0.1, 0.15) is 72.0 Å². The van der Waals surface area contributed by atoms with Gasteiger partial charge in [-0.1, -0.05) is 20.8 Å². The predicted molar refractivity (Wildman–Crippen MR) is 160 cm³/mol. The smallest absolute Gasteiger partial charge is 0.254 e. The molecule has 0 aliphatic carbocycles. The molecule has 1 aliphatic rings. The number of hydrogen-bond donors (Lipinski definition) is 3. The lowest BCUT2D eigenvalue weighted by Gasteiger charge is -2.27. The zero-order valence-electron chi connectivity index (χ0n) is 24.1. The predicted octanol–water partition coefficient (Wildman–Crippen LogP) is 4.80. The number of fused-ring (bicyclic) bond motifs is 1. The van der Waals surface area contributed by atoms with Crippen molar-refractivity contribution >= 4 is 40.2 Å². The summed E-state index contributed by atoms with van der Waals surface area (Å²) < 4.78 is 16.7. The summed E-state index contributed by atoms with van der Waals surface area (Å²) >= 11 is 0. The van der Waals surface area contributed by atoms with Gasteiger partial charge < -0.3 is 29.7 Å². The normalized spacial score (nSPS) is 13.3. The van der Waals surface area contributed by atoms with Crippen molar-refractivity contribution in [3.63, 3.8) is 0 Å². The molecule has 1 heterocycles. The van der Waals surface area contributed by atoms with Crippen molar-refractivity contribution in [2.45, 2.75) is 52.6 Å². The van der Waals surface area contributed by atoms with E-state index < -0.39 is 0 Å². The zero-order valence-corrected chi connectivity index (χ0v) is 25.8. The highest BCUT2D eigenvalue weighted by Gasteiger charge is 2.30. The fraction of sp³-hybridized carbons (Fsp3) is 0.483. The first-order chi connectivity index (χ1) is 17.9. The average molecular weight is 606 g/mol. The number of ether oxygens (including phenoxy) is 3. The van der Waals surface area contributed by atoms with Crippen LogP contribution in [0.25, 0.3) is 0 Å². The first kappa shape index (κ1) is 32.1. The van der Waals surface area contributed by atoms with Crippen LogP contribution in [0.3, 0.4) is 0 Å². The summed E-state index contributed by atoms with van der Waals surface area (Å²) in [6, 6.07) is 7.18. The molecule has 39 heavy (non-hydrogen) atoms. The molecule has 3 N–H and O–H groups in total. The number of rotatable bonds is 11. The van der Waals surface area contributed by atoms with E-state index >= 15 is 0 Å². The van der Waals surface area contributed by atoms with Gasteiger partial charge >= 0.3 is 0 Å². The molecule has 0 saturated carbocycles. The molecule has 2 aromatic rings. The summed E-state index contributed by atoms with van der Waals surface area (Å²) in [7, 11) is 4.83. The van der Waals surface area contributed by atoms with Crippen molar-refractivity contribution in [2.75, 3.05) is 46.3 Å². The number of nitrogens with zero attached hydrogens (tertiary/aromatic N) is 1. The Hall–Kier alpha value is -3.11. The molecule has 2 aromatic carbocycles. The third kappa shape index (κ3) is 7.10. The molecule has 1 aliphatic heterocycles. The molecule has 0 spiro atoms. The number of halogens is 1. The summed E-state index contributed by atoms with van der Waals surface area (Å²) in [5, 5.41) is 14.8. The SMILES string of the molecule is Br.CCOc1cc2c(cc1C(=O)NC)C(=N)N(CC(=O)c1cc(NC(C)COC)c(OC)c(C(C)(C)C)c1)C2. The van der Waals surface area contributed by atoms with E-state index in [1.165, 1.54) is 0 Å². The lowest BCUT2D eigenvalue weighted by atomic mass is 9.84. The van der Waals surface area contributed by atoms with Gasteiger partial charge in [-0.05, 0) is 49.1 Å². The highest BCUT2D eigenvalue weighted by Crippen LogP contribution is 2.39. The second-order valence-electron chi connectivity index (χ2n) is 10.5. The van der Waals surface area contributed by atoms with Crippen molar-refractivity contribution in [1.29, 1.82) is 5.41 Å². The standard InChI is InChI=1S/C29H40N4O5.BrH/c1-9-38-25-12-19-14-33(27(30)20(19)13-21(25)28(35)31-6)15-24(34)18-10-22(29(3,4)5)26(37-8)23(11-18)32-17(2)16-36-7;/h10-13,17,30,32H,9,14-16H2,1-8H3,(H,31,35);1H. The molecular weight excluding hydrogens is 564 g/mol. The maximum atomic E-state index is 13.6. The molecule has 0 radical (unpaired) electrons. The van der Waals surface area contributed by atoms with Crippen LogP contribution in [0.4, 0.5) is 5.69 Å². The van der Waals surface area contributed by atoms with E-state index in [1.54, 1.807) is 38.3 Å². The number of carbonyl (C=O) groups is 2. The van der Waals surface area contributed by atoms with Gasteiger partial charge in [0.15, 0.2) is 5.78 Å². The minimum Gasteiger partial charge on any atom is -0.494 e. The molecule has 0 saturated heterocycles. The minimum atomic E-state index is -0.283. The summed E-state index contributed by atoms with van der Waals surface area (Å²) in [4.78, 5) is 27.8. The topological polar surface area (TPSA) is 113 Å². The third-order valence-electron chi connectivity index (χ3n) is 6.49. The van der Waals surface area contributed by atoms with Gasteiger partial charge in [-0.2, -0.15) is 0 Å². The van der Waals surface area contributed by atoms with Crippen molar-refractivity contribution in [3.05, 3.63) is 52.1 Å². The Morgan fingerprint density at radius 2 is 1.85 bits per heavy atom. The van der Waals surface area contributed by atoms with Crippen LogP contribution in [0.2, 0.25) is 0 Å². The minimum absolute atomic E-state index is 0. The Kier molecular flexibility index (Phi) is 10.9. The summed E-state index contributed by atoms with van der Waals surface area (Å²) in [6.45, 7) is 11.4. The van der Waals surface area contributed by atoms with E-state index in [9.17, 15) is 9.59 Å². The van der Waals surface area contributed by atoms with Crippen LogP contribution < -0.4 is 20.1 Å². The quantitative estimate of drug-likeness (QED) is 0.316. The van der Waals surface area contributed by atoms with Gasteiger partial charge in [-0.25, -0.2) is 0 Å². The average Bonchev–Trinajstić information content (AvgIpc) is 3.16. The van der Waals surface area contributed by atoms with E-state index in [2.05, 4.69) is 31.4 Å². The van der Waals surface area contributed by atoms with Gasteiger partial charge in [-0.15, -0.1) is 17.0 Å². The van der Waals surface area contributed by atoms with E-state index in [0.717, 1.165) is 16.8 Å². The van der Waals surface area contributed by atoms with Gasteiger partial charge in [0.25, 0.3) is 5.91 Å². The lowest BCUT2D eigenvalue weighted by Crippen LogP contribution is -2.30. The number of carbonyl (C=O) groups excluding carboxylic acids is 2. The van der Waals surface area contributed by atoms with Gasteiger partial charge in [0.05, 0.1) is 38.1 Å². The van der Waals surface area contributed by atoms with Crippen LogP contribution in [0, 0.1) is 5.41 Å². The Morgan fingerprint density at radius 1 is 1.15 bits per heavy atom. The largest absolute Gasteiger partial charge is 0.494 e. The second kappa shape index (κ2) is 13.3. The monoisotopic (exact) mass is 604 g/mol. The zero-order chi connectivity index (χ0) is 28.2. The fourth-order valence-corrected chi connectivity index (χ4v) is 4.65. The van der Waals surface area contributed by atoms with E-state index in [-0.39, 0.29) is 52.5 Å². The molecule has 9 nitrogen and oxygen atoms in total. The number of nitrogens with one attached hydrogen (secondary N) is 3. The molecule has 1 amide bonds. The maximum Gasteiger partial charge on any atom is 0.254 e. The highest BCUT2D eigenvalue weighted by molar-refractivity contribution is 8.93. The molecule has 1 unspecified atom stereocenters. The summed E-state index contributed by atoms with van der Waals surface area (Å²) in [5.74, 6) is 0.975. The molecule has 214 valence electrons. The van der Waals surface area contributed by atoms with Gasteiger partial charge in [-0.3, -0.25) is 15.0 Å². The Bertz CT molecular complexity index is 1230. The van der Waals surface area contributed by atoms with Crippen LogP contribution in [0.5, 0.6) is 11.5 Å². The van der Waals surface area contributed by atoms with Crippen molar-refractivity contribution in [1.82, 2.24) is 10.2 Å². The molecule has 0 aromatic heterocycles. The van der Waals surface area contributed by atoms with E-state index in [1.807, 2.05) is 26.0 Å². The van der Waals surface area contributed by atoms with Crippen molar-refractivity contribution in [3.8, 4) is 11.5 Å². The molecule has 0 bridgehead atoms. The maximum absolute atomic E-state index is 13.6. The van der Waals surface area contributed by atoms with Gasteiger partial charge in [0, 0.05) is 43.4 Å². The van der Waals surface area contributed by atoms with Crippen LogP contribution in [0.15, 0.2) is 24.3 Å². The third-order valence-corrected chi connectivity index (χ3v) is 6.49. The number of anilines is 1. The molecule has 0 fully saturated rings. The number of benzene rings is 2. The summed E-state index contributed by atoms with van der Waals surface area (Å²) in [6.07, 6.45) is 0. The van der Waals surface area contributed by atoms with Crippen LogP contribution >= 0.6 is 17.0 Å². The first-order valence-corrected chi connectivity index (χ1v) is 12.8. The van der Waals surface area contributed by atoms with E-state index in [4.69, 9.17) is 19.6 Å².